The first-order valence-corrected chi connectivity index (χ1v) is 6.31. The Morgan fingerprint density at radius 1 is 1.41 bits per heavy atom. The summed E-state index contributed by atoms with van der Waals surface area (Å²) >= 11 is 0. The van der Waals surface area contributed by atoms with Crippen molar-refractivity contribution in [1.29, 1.82) is 0 Å². The minimum atomic E-state index is -4.59. The first kappa shape index (κ1) is 12.1. The summed E-state index contributed by atoms with van der Waals surface area (Å²) in [5.74, 6) is 0.308. The monoisotopic (exact) mass is 258 g/mol. The van der Waals surface area contributed by atoms with Gasteiger partial charge in [-0.05, 0) is 30.7 Å². The summed E-state index contributed by atoms with van der Waals surface area (Å²) in [4.78, 5) is 17.3. The van der Waals surface area contributed by atoms with Crippen LogP contribution >= 0.6 is 7.82 Å². The van der Waals surface area contributed by atoms with Crippen LogP contribution in [0.2, 0.25) is 0 Å². The molecule has 1 atom stereocenters. The van der Waals surface area contributed by atoms with Crippen molar-refractivity contribution in [3.63, 3.8) is 0 Å². The molecular formula is C10H11O6P. The molecule has 1 aliphatic rings. The molecule has 0 aromatic heterocycles. The number of phosphoric ester groups is 1. The third-order valence-electron chi connectivity index (χ3n) is 2.24. The highest BCUT2D eigenvalue weighted by atomic mass is 31.2. The van der Waals surface area contributed by atoms with Crippen molar-refractivity contribution in [3.05, 3.63) is 29.8 Å². The zero-order chi connectivity index (χ0) is 12.6. The summed E-state index contributed by atoms with van der Waals surface area (Å²) in [6.45, 7) is 1.80. The molecule has 2 rings (SSSR count). The predicted molar refractivity (Wildman–Crippen MR) is 59.4 cm³/mol. The molecule has 17 heavy (non-hydrogen) atoms. The Bertz CT molecular complexity index is 518. The largest absolute Gasteiger partial charge is 0.524 e. The summed E-state index contributed by atoms with van der Waals surface area (Å²) in [5.41, 5.74) is 1.56. The third kappa shape index (κ3) is 2.87. The lowest BCUT2D eigenvalue weighted by atomic mass is 10.0. The maximum absolute atomic E-state index is 10.7. The minimum Gasteiger partial charge on any atom is -0.461 e. The van der Waals surface area contributed by atoms with Crippen LogP contribution < -0.4 is 9.26 Å². The van der Waals surface area contributed by atoms with E-state index in [9.17, 15) is 9.67 Å². The Morgan fingerprint density at radius 3 is 2.76 bits per heavy atom. The number of ether oxygens (including phenoxy) is 1. The highest BCUT2D eigenvalue weighted by Crippen LogP contribution is 2.41. The number of allylic oxidation sites excluding steroid dienone is 1. The summed E-state index contributed by atoms with van der Waals surface area (Å²) in [6, 6.07) is 4.36. The highest BCUT2D eigenvalue weighted by molar-refractivity contribution is 7.46. The van der Waals surface area contributed by atoms with Gasteiger partial charge in [-0.1, -0.05) is 0 Å². The maximum atomic E-state index is 10.7. The number of fused-ring (bicyclic) bond motifs is 1. The molecule has 1 aromatic carbocycles. The first-order valence-electron chi connectivity index (χ1n) is 4.78. The molecule has 1 aliphatic heterocycles. The molecule has 0 spiro atoms. The fraction of sp³-hybridized carbons (Fsp3) is 0.200. The van der Waals surface area contributed by atoms with Crippen LogP contribution in [0.3, 0.4) is 0 Å². The van der Waals surface area contributed by atoms with E-state index >= 15 is 0 Å². The van der Waals surface area contributed by atoms with Crippen LogP contribution in [0.25, 0.3) is 5.57 Å². The number of phosphoric acid groups is 1. The van der Waals surface area contributed by atoms with Crippen molar-refractivity contribution >= 4 is 13.4 Å². The van der Waals surface area contributed by atoms with E-state index in [1.165, 1.54) is 18.2 Å². The second kappa shape index (κ2) is 4.16. The molecule has 1 heterocycles. The van der Waals surface area contributed by atoms with Crippen molar-refractivity contribution in [2.75, 3.05) is 0 Å². The quantitative estimate of drug-likeness (QED) is 0.691. The highest BCUT2D eigenvalue weighted by Gasteiger charge is 2.20. The lowest BCUT2D eigenvalue weighted by Crippen LogP contribution is -2.17. The Morgan fingerprint density at radius 2 is 2.12 bits per heavy atom. The van der Waals surface area contributed by atoms with Gasteiger partial charge in [0.1, 0.15) is 11.5 Å². The van der Waals surface area contributed by atoms with E-state index in [2.05, 4.69) is 4.52 Å². The van der Waals surface area contributed by atoms with Crippen molar-refractivity contribution in [3.8, 4) is 11.5 Å². The van der Waals surface area contributed by atoms with Crippen molar-refractivity contribution in [1.82, 2.24) is 0 Å². The second-order valence-corrected chi connectivity index (χ2v) is 4.76. The average molecular weight is 258 g/mol. The van der Waals surface area contributed by atoms with Crippen LogP contribution in [-0.2, 0) is 4.57 Å². The van der Waals surface area contributed by atoms with Gasteiger partial charge in [0.15, 0.2) is 0 Å². The van der Waals surface area contributed by atoms with E-state index in [4.69, 9.17) is 14.5 Å². The van der Waals surface area contributed by atoms with Gasteiger partial charge in [0.25, 0.3) is 0 Å². The van der Waals surface area contributed by atoms with Gasteiger partial charge in [0, 0.05) is 11.6 Å². The summed E-state index contributed by atoms with van der Waals surface area (Å²) in [7, 11) is -4.59. The number of hydrogen-bond acceptors (Lipinski definition) is 4. The maximum Gasteiger partial charge on any atom is 0.524 e. The van der Waals surface area contributed by atoms with Gasteiger partial charge in [-0.15, -0.1) is 0 Å². The van der Waals surface area contributed by atoms with Crippen LogP contribution in [0, 0.1) is 0 Å². The van der Waals surface area contributed by atoms with Gasteiger partial charge in [0.2, 0.25) is 6.29 Å². The van der Waals surface area contributed by atoms with E-state index in [0.29, 0.717) is 5.75 Å². The average Bonchev–Trinajstić information content (AvgIpc) is 2.13. The van der Waals surface area contributed by atoms with E-state index in [1.54, 1.807) is 13.0 Å². The molecule has 1 unspecified atom stereocenters. The molecule has 0 saturated carbocycles. The van der Waals surface area contributed by atoms with Gasteiger partial charge >= 0.3 is 7.82 Å². The van der Waals surface area contributed by atoms with Crippen molar-refractivity contribution in [2.45, 2.75) is 13.2 Å². The molecule has 7 heteroatoms. The van der Waals surface area contributed by atoms with Gasteiger partial charge in [-0.25, -0.2) is 4.57 Å². The topological polar surface area (TPSA) is 96.2 Å². The van der Waals surface area contributed by atoms with Gasteiger partial charge in [-0.2, -0.15) is 0 Å². The number of aliphatic hydroxyl groups excluding tert-OH is 1. The van der Waals surface area contributed by atoms with E-state index in [1.807, 2.05) is 0 Å². The Hall–Kier alpha value is -1.33. The van der Waals surface area contributed by atoms with Crippen LogP contribution in [0.4, 0.5) is 0 Å². The predicted octanol–water partition coefficient (Wildman–Crippen LogP) is 1.27. The van der Waals surface area contributed by atoms with Crippen LogP contribution in [-0.4, -0.2) is 21.2 Å². The van der Waals surface area contributed by atoms with Gasteiger partial charge in [-0.3, -0.25) is 9.79 Å². The van der Waals surface area contributed by atoms with Gasteiger partial charge in [0.05, 0.1) is 0 Å². The molecule has 0 radical (unpaired) electrons. The molecular weight excluding hydrogens is 247 g/mol. The van der Waals surface area contributed by atoms with Crippen molar-refractivity contribution < 1.29 is 28.7 Å². The molecule has 0 aliphatic carbocycles. The van der Waals surface area contributed by atoms with Crippen LogP contribution in [0.15, 0.2) is 24.3 Å². The summed E-state index contributed by atoms with van der Waals surface area (Å²) < 4.78 is 20.2. The fourth-order valence-electron chi connectivity index (χ4n) is 1.59. The zero-order valence-corrected chi connectivity index (χ0v) is 9.79. The molecule has 0 amide bonds. The molecule has 6 nitrogen and oxygen atoms in total. The lowest BCUT2D eigenvalue weighted by Gasteiger charge is -2.21. The standard InChI is InChI=1S/C10H11O6P/c1-6-4-10(11)15-9-5-7(2-3-8(6)9)16-17(12,13)14/h2-5,10-11H,1H3,(H2,12,13,14). The molecule has 92 valence electrons. The van der Waals surface area contributed by atoms with Crippen LogP contribution in [0.5, 0.6) is 11.5 Å². The molecule has 1 aromatic rings. The SMILES string of the molecule is CC1=CC(O)Oc2cc(OP(=O)(O)O)ccc21. The minimum absolute atomic E-state index is 0.0148. The van der Waals surface area contributed by atoms with Crippen molar-refractivity contribution in [2.24, 2.45) is 0 Å². The number of benzene rings is 1. The fourth-order valence-corrected chi connectivity index (χ4v) is 1.98. The number of rotatable bonds is 2. The molecule has 0 fully saturated rings. The third-order valence-corrected chi connectivity index (χ3v) is 2.69. The van der Waals surface area contributed by atoms with Gasteiger partial charge < -0.3 is 14.4 Å². The molecule has 3 N–H and O–H groups in total. The Balaban J connectivity index is 2.35. The smallest absolute Gasteiger partial charge is 0.461 e. The second-order valence-electron chi connectivity index (χ2n) is 3.60. The van der Waals surface area contributed by atoms with E-state index in [-0.39, 0.29) is 5.75 Å². The van der Waals surface area contributed by atoms with Crippen LogP contribution in [0.1, 0.15) is 12.5 Å². The van der Waals surface area contributed by atoms with E-state index < -0.39 is 14.1 Å². The number of hydrogen-bond donors (Lipinski definition) is 3. The summed E-state index contributed by atoms with van der Waals surface area (Å²) in [6.07, 6.45) is 0.471. The first-order chi connectivity index (χ1) is 7.85. The zero-order valence-electron chi connectivity index (χ0n) is 8.90. The Labute approximate surface area is 97.4 Å². The normalized spacial score (nSPS) is 19.1. The lowest BCUT2D eigenvalue weighted by molar-refractivity contribution is 0.0224. The van der Waals surface area contributed by atoms with E-state index in [0.717, 1.165) is 11.1 Å². The Kier molecular flexibility index (Phi) is 2.97. The molecule has 0 bridgehead atoms. The summed E-state index contributed by atoms with van der Waals surface area (Å²) in [5, 5.41) is 9.36. The number of aliphatic hydroxyl groups is 1. The molecule has 0 saturated heterocycles.